The fraction of sp³-hybridized carbons (Fsp3) is 0.391. The molecule has 0 radical (unpaired) electrons. The summed E-state index contributed by atoms with van der Waals surface area (Å²) in [6, 6.07) is 13.2. The van der Waals surface area contributed by atoms with Crippen LogP contribution in [-0.2, 0) is 22.6 Å². The van der Waals surface area contributed by atoms with Crippen LogP contribution in [0, 0.1) is 0 Å². The van der Waals surface area contributed by atoms with Crippen LogP contribution in [0.4, 0.5) is 5.69 Å². The predicted molar refractivity (Wildman–Crippen MR) is 112 cm³/mol. The van der Waals surface area contributed by atoms with Gasteiger partial charge in [0, 0.05) is 37.7 Å². The third kappa shape index (κ3) is 5.08. The Morgan fingerprint density at radius 2 is 1.93 bits per heavy atom. The van der Waals surface area contributed by atoms with Crippen molar-refractivity contribution in [3.05, 3.63) is 53.6 Å². The molecule has 0 aromatic heterocycles. The Balaban J connectivity index is 1.65. The van der Waals surface area contributed by atoms with Crippen LogP contribution in [0.15, 0.2) is 42.5 Å². The van der Waals surface area contributed by atoms with Gasteiger partial charge in [-0.2, -0.15) is 0 Å². The van der Waals surface area contributed by atoms with Crippen molar-refractivity contribution in [3.8, 4) is 11.5 Å². The van der Waals surface area contributed by atoms with Crippen molar-refractivity contribution < 1.29 is 19.1 Å². The SMILES string of the molecule is CCN(Cc1ccccc1NC(=O)COc1cccc2c1OC(C)(C)C2)C(C)=O. The molecule has 0 spiro atoms. The van der Waals surface area contributed by atoms with E-state index in [2.05, 4.69) is 5.32 Å². The minimum absolute atomic E-state index is 0.00202. The molecule has 6 heteroatoms. The van der Waals surface area contributed by atoms with Gasteiger partial charge in [-0.25, -0.2) is 0 Å². The molecule has 0 saturated heterocycles. The highest BCUT2D eigenvalue weighted by atomic mass is 16.5. The van der Waals surface area contributed by atoms with E-state index in [1.54, 1.807) is 11.8 Å². The van der Waals surface area contributed by atoms with Crippen molar-refractivity contribution in [1.82, 2.24) is 4.90 Å². The Bertz CT molecular complexity index is 908. The molecule has 1 aliphatic rings. The average Bonchev–Trinajstić information content (AvgIpc) is 2.99. The second kappa shape index (κ2) is 8.55. The number of fused-ring (bicyclic) bond motifs is 1. The molecule has 2 aromatic rings. The molecule has 0 fully saturated rings. The number of carbonyl (C=O) groups is 2. The molecule has 29 heavy (non-hydrogen) atoms. The van der Waals surface area contributed by atoms with Gasteiger partial charge in [0.2, 0.25) is 5.91 Å². The zero-order chi connectivity index (χ0) is 21.0. The van der Waals surface area contributed by atoms with Crippen molar-refractivity contribution >= 4 is 17.5 Å². The summed E-state index contributed by atoms with van der Waals surface area (Å²) in [5.41, 5.74) is 2.37. The van der Waals surface area contributed by atoms with Gasteiger partial charge in [0.25, 0.3) is 5.91 Å². The van der Waals surface area contributed by atoms with Crippen LogP contribution in [-0.4, -0.2) is 35.5 Å². The fourth-order valence-electron chi connectivity index (χ4n) is 3.46. The number of amides is 2. The summed E-state index contributed by atoms with van der Waals surface area (Å²) in [6.45, 7) is 8.45. The molecule has 0 aliphatic carbocycles. The molecular formula is C23H28N2O4. The first-order chi connectivity index (χ1) is 13.8. The summed E-state index contributed by atoms with van der Waals surface area (Å²) in [7, 11) is 0. The van der Waals surface area contributed by atoms with Crippen LogP contribution in [0.3, 0.4) is 0 Å². The molecule has 0 saturated carbocycles. The lowest BCUT2D eigenvalue weighted by Gasteiger charge is -2.21. The Morgan fingerprint density at radius 3 is 2.66 bits per heavy atom. The largest absolute Gasteiger partial charge is 0.483 e. The Hall–Kier alpha value is -3.02. The predicted octanol–water partition coefficient (Wildman–Crippen LogP) is 3.79. The Morgan fingerprint density at radius 1 is 1.17 bits per heavy atom. The van der Waals surface area contributed by atoms with Crippen molar-refractivity contribution in [1.29, 1.82) is 0 Å². The van der Waals surface area contributed by atoms with Crippen molar-refractivity contribution in [2.75, 3.05) is 18.5 Å². The standard InChI is InChI=1S/C23H28N2O4/c1-5-25(16(2)26)14-18-9-6-7-11-19(18)24-21(27)15-28-20-12-8-10-17-13-23(3,4)29-22(17)20/h6-12H,5,13-15H2,1-4H3,(H,24,27). The molecule has 1 heterocycles. The third-order valence-corrected chi connectivity index (χ3v) is 4.89. The van der Waals surface area contributed by atoms with Crippen LogP contribution in [0.5, 0.6) is 11.5 Å². The molecular weight excluding hydrogens is 368 g/mol. The number of rotatable bonds is 7. The van der Waals surface area contributed by atoms with Gasteiger partial charge in [-0.05, 0) is 38.5 Å². The van der Waals surface area contributed by atoms with Gasteiger partial charge in [-0.3, -0.25) is 9.59 Å². The molecule has 3 rings (SSSR count). The van der Waals surface area contributed by atoms with Gasteiger partial charge in [0.1, 0.15) is 5.60 Å². The van der Waals surface area contributed by atoms with Crippen LogP contribution in [0.2, 0.25) is 0 Å². The van der Waals surface area contributed by atoms with E-state index in [0.717, 1.165) is 17.5 Å². The van der Waals surface area contributed by atoms with Crippen LogP contribution in [0.25, 0.3) is 0 Å². The van der Waals surface area contributed by atoms with E-state index < -0.39 is 0 Å². The lowest BCUT2D eigenvalue weighted by molar-refractivity contribution is -0.129. The average molecular weight is 396 g/mol. The highest BCUT2D eigenvalue weighted by molar-refractivity contribution is 5.92. The molecule has 154 valence electrons. The summed E-state index contributed by atoms with van der Waals surface area (Å²) >= 11 is 0. The Labute approximate surface area is 171 Å². The number of hydrogen-bond donors (Lipinski definition) is 1. The maximum atomic E-state index is 12.5. The maximum absolute atomic E-state index is 12.5. The summed E-state index contributed by atoms with van der Waals surface area (Å²) in [5.74, 6) is 1.02. The monoisotopic (exact) mass is 396 g/mol. The van der Waals surface area contributed by atoms with Crippen LogP contribution < -0.4 is 14.8 Å². The van der Waals surface area contributed by atoms with E-state index in [4.69, 9.17) is 9.47 Å². The molecule has 0 atom stereocenters. The highest BCUT2D eigenvalue weighted by Crippen LogP contribution is 2.41. The second-order valence-electron chi connectivity index (χ2n) is 7.81. The topological polar surface area (TPSA) is 67.9 Å². The minimum atomic E-state index is -0.273. The molecule has 1 aliphatic heterocycles. The first-order valence-electron chi connectivity index (χ1n) is 9.86. The third-order valence-electron chi connectivity index (χ3n) is 4.89. The smallest absolute Gasteiger partial charge is 0.262 e. The lowest BCUT2D eigenvalue weighted by atomic mass is 10.0. The van der Waals surface area contributed by atoms with E-state index >= 15 is 0 Å². The van der Waals surface area contributed by atoms with E-state index in [1.165, 1.54) is 0 Å². The molecule has 2 amide bonds. The minimum Gasteiger partial charge on any atom is -0.483 e. The number of nitrogens with zero attached hydrogens (tertiary/aromatic N) is 1. The number of hydrogen-bond acceptors (Lipinski definition) is 4. The quantitative estimate of drug-likeness (QED) is 0.773. The van der Waals surface area contributed by atoms with Gasteiger partial charge >= 0.3 is 0 Å². The lowest BCUT2D eigenvalue weighted by Crippen LogP contribution is -2.28. The van der Waals surface area contributed by atoms with Crippen LogP contribution in [0.1, 0.15) is 38.8 Å². The molecule has 1 N–H and O–H groups in total. The van der Waals surface area contributed by atoms with Gasteiger partial charge < -0.3 is 19.7 Å². The van der Waals surface area contributed by atoms with E-state index in [0.29, 0.717) is 30.3 Å². The number of para-hydroxylation sites is 2. The normalized spacial score (nSPS) is 13.9. The number of carbonyl (C=O) groups excluding carboxylic acids is 2. The number of benzene rings is 2. The van der Waals surface area contributed by atoms with Crippen molar-refractivity contribution in [3.63, 3.8) is 0 Å². The Kier molecular flexibility index (Phi) is 6.11. The first-order valence-corrected chi connectivity index (χ1v) is 9.86. The molecule has 0 unspecified atom stereocenters. The second-order valence-corrected chi connectivity index (χ2v) is 7.81. The van der Waals surface area contributed by atoms with Gasteiger partial charge in [-0.15, -0.1) is 0 Å². The number of ether oxygens (including phenoxy) is 2. The van der Waals surface area contributed by atoms with E-state index in [-0.39, 0.29) is 24.0 Å². The summed E-state index contributed by atoms with van der Waals surface area (Å²) in [4.78, 5) is 25.9. The van der Waals surface area contributed by atoms with E-state index in [9.17, 15) is 9.59 Å². The molecule has 6 nitrogen and oxygen atoms in total. The first kappa shape index (κ1) is 20.7. The maximum Gasteiger partial charge on any atom is 0.262 e. The summed E-state index contributed by atoms with van der Waals surface area (Å²) in [6.07, 6.45) is 0.809. The van der Waals surface area contributed by atoms with Crippen LogP contribution >= 0.6 is 0 Å². The van der Waals surface area contributed by atoms with Crippen molar-refractivity contribution in [2.24, 2.45) is 0 Å². The number of nitrogens with one attached hydrogen (secondary N) is 1. The van der Waals surface area contributed by atoms with Gasteiger partial charge in [-0.1, -0.05) is 30.3 Å². The summed E-state index contributed by atoms with van der Waals surface area (Å²) in [5, 5.41) is 2.89. The molecule has 2 aromatic carbocycles. The van der Waals surface area contributed by atoms with E-state index in [1.807, 2.05) is 63.2 Å². The van der Waals surface area contributed by atoms with Gasteiger partial charge in [0.05, 0.1) is 0 Å². The summed E-state index contributed by atoms with van der Waals surface area (Å²) < 4.78 is 11.7. The fourth-order valence-corrected chi connectivity index (χ4v) is 3.46. The number of anilines is 1. The molecule has 0 bridgehead atoms. The zero-order valence-electron chi connectivity index (χ0n) is 17.5. The van der Waals surface area contributed by atoms with Gasteiger partial charge in [0.15, 0.2) is 18.1 Å². The van der Waals surface area contributed by atoms with Crippen molar-refractivity contribution in [2.45, 2.75) is 46.3 Å². The highest BCUT2D eigenvalue weighted by Gasteiger charge is 2.32. The zero-order valence-corrected chi connectivity index (χ0v) is 17.5.